The number of hydrogen-bond acceptors (Lipinski definition) is 3. The zero-order chi connectivity index (χ0) is 19.2. The molecule has 0 radical (unpaired) electrons. The fourth-order valence-electron chi connectivity index (χ4n) is 2.64. The smallest absolute Gasteiger partial charge is 0.257 e. The Labute approximate surface area is 156 Å². The minimum absolute atomic E-state index is 0.0472. The number of hydrogen-bond donors (Lipinski definition) is 3. The van der Waals surface area contributed by atoms with Crippen molar-refractivity contribution in [3.05, 3.63) is 100.0 Å². The number of aryl methyl sites for hydroxylation is 1. The number of rotatable bonds is 5. The summed E-state index contributed by atoms with van der Waals surface area (Å²) in [6, 6.07) is 18.2. The predicted molar refractivity (Wildman–Crippen MR) is 104 cm³/mol. The number of benzene rings is 2. The summed E-state index contributed by atoms with van der Waals surface area (Å²) in [4.78, 5) is 40.3. The van der Waals surface area contributed by atoms with E-state index < -0.39 is 23.3 Å². The van der Waals surface area contributed by atoms with Crippen molar-refractivity contribution in [2.24, 2.45) is 0 Å². The third kappa shape index (κ3) is 4.49. The van der Waals surface area contributed by atoms with Crippen LogP contribution < -0.4 is 16.1 Å². The molecule has 0 aliphatic rings. The minimum Gasteiger partial charge on any atom is -0.364 e. The van der Waals surface area contributed by atoms with E-state index >= 15 is 0 Å². The van der Waals surface area contributed by atoms with Crippen molar-refractivity contribution in [3.63, 3.8) is 0 Å². The van der Waals surface area contributed by atoms with Crippen LogP contribution in [0, 0.1) is 6.92 Å². The van der Waals surface area contributed by atoms with Gasteiger partial charge in [0.05, 0.1) is 0 Å². The van der Waals surface area contributed by atoms with Crippen LogP contribution in [0.1, 0.15) is 27.7 Å². The largest absolute Gasteiger partial charge is 0.364 e. The highest BCUT2D eigenvalue weighted by Crippen LogP contribution is 2.16. The summed E-state index contributed by atoms with van der Waals surface area (Å²) in [5.41, 5.74) is 1.43. The number of nitrogens with one attached hydrogen (secondary N) is 3. The van der Waals surface area contributed by atoms with E-state index in [0.29, 0.717) is 16.9 Å². The van der Waals surface area contributed by atoms with Crippen molar-refractivity contribution in [1.82, 2.24) is 10.3 Å². The van der Waals surface area contributed by atoms with Gasteiger partial charge < -0.3 is 15.6 Å². The van der Waals surface area contributed by atoms with Crippen molar-refractivity contribution in [2.45, 2.75) is 13.0 Å². The topological polar surface area (TPSA) is 91.1 Å². The normalized spacial score (nSPS) is 11.4. The number of carbonyl (C=O) groups is 2. The van der Waals surface area contributed by atoms with E-state index in [-0.39, 0.29) is 5.56 Å². The third-order valence-corrected chi connectivity index (χ3v) is 4.01. The Morgan fingerprint density at radius 2 is 1.59 bits per heavy atom. The molecule has 1 heterocycles. The number of carbonyl (C=O) groups excluding carboxylic acids is 2. The van der Waals surface area contributed by atoms with Gasteiger partial charge >= 0.3 is 0 Å². The molecule has 6 heteroatoms. The summed E-state index contributed by atoms with van der Waals surface area (Å²) in [5, 5.41) is 5.44. The molecule has 3 aromatic rings. The average molecular weight is 361 g/mol. The molecular weight excluding hydrogens is 342 g/mol. The second kappa shape index (κ2) is 8.14. The molecule has 0 saturated heterocycles. The summed E-state index contributed by atoms with van der Waals surface area (Å²) in [6.45, 7) is 1.73. The fraction of sp³-hybridized carbons (Fsp3) is 0.0952. The molecule has 136 valence electrons. The van der Waals surface area contributed by atoms with Gasteiger partial charge in [0.25, 0.3) is 11.8 Å². The first kappa shape index (κ1) is 18.1. The van der Waals surface area contributed by atoms with E-state index in [0.717, 1.165) is 0 Å². The molecule has 0 saturated carbocycles. The van der Waals surface area contributed by atoms with Gasteiger partial charge in [0.2, 0.25) is 0 Å². The Kier molecular flexibility index (Phi) is 5.47. The molecule has 1 atom stereocenters. The number of H-pyrrole nitrogens is 1. The number of pyridine rings is 1. The molecule has 0 spiro atoms. The van der Waals surface area contributed by atoms with E-state index in [1.807, 2.05) is 12.1 Å². The van der Waals surface area contributed by atoms with Crippen LogP contribution in [0.15, 0.2) is 77.7 Å². The summed E-state index contributed by atoms with van der Waals surface area (Å²) >= 11 is 0. The highest BCUT2D eigenvalue weighted by molar-refractivity contribution is 6.01. The first-order valence-corrected chi connectivity index (χ1v) is 8.45. The maximum Gasteiger partial charge on any atom is 0.257 e. The van der Waals surface area contributed by atoms with Crippen molar-refractivity contribution in [1.29, 1.82) is 0 Å². The summed E-state index contributed by atoms with van der Waals surface area (Å²) in [6.07, 6.45) is 1.35. The molecule has 0 aliphatic heterocycles. The van der Waals surface area contributed by atoms with Gasteiger partial charge in [0, 0.05) is 23.6 Å². The van der Waals surface area contributed by atoms with Crippen LogP contribution in [0.4, 0.5) is 5.69 Å². The molecule has 1 unspecified atom stereocenters. The lowest BCUT2D eigenvalue weighted by atomic mass is 10.1. The maximum atomic E-state index is 12.8. The highest BCUT2D eigenvalue weighted by atomic mass is 16.2. The Morgan fingerprint density at radius 3 is 2.22 bits per heavy atom. The quantitative estimate of drug-likeness (QED) is 0.653. The van der Waals surface area contributed by atoms with Crippen molar-refractivity contribution < 1.29 is 9.59 Å². The number of aromatic amines is 1. The molecule has 27 heavy (non-hydrogen) atoms. The molecule has 2 amide bonds. The maximum absolute atomic E-state index is 12.8. The van der Waals surface area contributed by atoms with E-state index in [1.54, 1.807) is 55.5 Å². The lowest BCUT2D eigenvalue weighted by Crippen LogP contribution is -2.38. The first-order chi connectivity index (χ1) is 13.0. The standard InChI is InChI=1S/C21H19N3O3/c1-14-12-18(25)17(13-22-14)20(26)24-19(15-8-4-2-5-9-15)21(27)23-16-10-6-3-7-11-16/h2-13,19H,1H3,(H,22,25)(H,23,27)(H,24,26). The first-order valence-electron chi connectivity index (χ1n) is 8.45. The van der Waals surface area contributed by atoms with Gasteiger partial charge in [-0.15, -0.1) is 0 Å². The van der Waals surface area contributed by atoms with E-state index in [9.17, 15) is 14.4 Å². The van der Waals surface area contributed by atoms with Gasteiger partial charge in [-0.3, -0.25) is 14.4 Å². The lowest BCUT2D eigenvalue weighted by molar-refractivity contribution is -0.118. The van der Waals surface area contributed by atoms with E-state index in [2.05, 4.69) is 15.6 Å². The molecule has 6 nitrogen and oxygen atoms in total. The molecule has 0 bridgehead atoms. The second-order valence-corrected chi connectivity index (χ2v) is 6.07. The highest BCUT2D eigenvalue weighted by Gasteiger charge is 2.24. The van der Waals surface area contributed by atoms with Gasteiger partial charge in [0.15, 0.2) is 5.43 Å². The molecule has 1 aromatic heterocycles. The molecule has 2 aromatic carbocycles. The van der Waals surface area contributed by atoms with Crippen LogP contribution in [0.3, 0.4) is 0 Å². The monoisotopic (exact) mass is 361 g/mol. The number of anilines is 1. The van der Waals surface area contributed by atoms with Gasteiger partial charge in [0.1, 0.15) is 11.6 Å². The molecule has 0 aliphatic carbocycles. The van der Waals surface area contributed by atoms with Crippen molar-refractivity contribution in [3.8, 4) is 0 Å². The van der Waals surface area contributed by atoms with Crippen LogP contribution in [0.2, 0.25) is 0 Å². The van der Waals surface area contributed by atoms with Crippen LogP contribution in [0.5, 0.6) is 0 Å². The zero-order valence-electron chi connectivity index (χ0n) is 14.7. The van der Waals surface area contributed by atoms with Gasteiger partial charge in [-0.1, -0.05) is 48.5 Å². The van der Waals surface area contributed by atoms with Crippen molar-refractivity contribution in [2.75, 3.05) is 5.32 Å². The Bertz CT molecular complexity index is 998. The van der Waals surface area contributed by atoms with E-state index in [4.69, 9.17) is 0 Å². The number of aromatic nitrogens is 1. The summed E-state index contributed by atoms with van der Waals surface area (Å²) in [7, 11) is 0. The minimum atomic E-state index is -0.945. The van der Waals surface area contributed by atoms with Crippen LogP contribution >= 0.6 is 0 Å². The van der Waals surface area contributed by atoms with Crippen LogP contribution in [0.25, 0.3) is 0 Å². The molecule has 3 rings (SSSR count). The van der Waals surface area contributed by atoms with Crippen LogP contribution in [-0.2, 0) is 4.79 Å². The Balaban J connectivity index is 1.87. The fourth-order valence-corrected chi connectivity index (χ4v) is 2.64. The summed E-state index contributed by atoms with van der Waals surface area (Å²) in [5.74, 6) is -1.02. The predicted octanol–water partition coefficient (Wildman–Crippen LogP) is 2.79. The molecule has 3 N–H and O–H groups in total. The van der Waals surface area contributed by atoms with E-state index in [1.165, 1.54) is 12.3 Å². The Hall–Kier alpha value is -3.67. The zero-order valence-corrected chi connectivity index (χ0v) is 14.7. The van der Waals surface area contributed by atoms with Gasteiger partial charge in [-0.2, -0.15) is 0 Å². The molecular formula is C21H19N3O3. The Morgan fingerprint density at radius 1 is 0.963 bits per heavy atom. The van der Waals surface area contributed by atoms with Crippen molar-refractivity contribution >= 4 is 17.5 Å². The average Bonchev–Trinajstić information content (AvgIpc) is 2.67. The summed E-state index contributed by atoms with van der Waals surface area (Å²) < 4.78 is 0. The lowest BCUT2D eigenvalue weighted by Gasteiger charge is -2.19. The number of para-hydroxylation sites is 1. The SMILES string of the molecule is Cc1cc(=O)c(C(=O)NC(C(=O)Nc2ccccc2)c2ccccc2)c[nH]1. The number of amides is 2. The third-order valence-electron chi connectivity index (χ3n) is 4.01. The van der Waals surface area contributed by atoms with Gasteiger partial charge in [-0.25, -0.2) is 0 Å². The van der Waals surface area contributed by atoms with Crippen LogP contribution in [-0.4, -0.2) is 16.8 Å². The van der Waals surface area contributed by atoms with Gasteiger partial charge in [-0.05, 0) is 24.6 Å². The molecule has 0 fully saturated rings. The second-order valence-electron chi connectivity index (χ2n) is 6.07.